The van der Waals surface area contributed by atoms with Gasteiger partial charge in [-0.05, 0) is 44.0 Å². The third-order valence-electron chi connectivity index (χ3n) is 6.01. The van der Waals surface area contributed by atoms with Crippen LogP contribution in [0.5, 0.6) is 5.75 Å². The molecule has 1 aliphatic rings. The first-order valence-electron chi connectivity index (χ1n) is 10.8. The first-order valence-corrected chi connectivity index (χ1v) is 10.8. The summed E-state index contributed by atoms with van der Waals surface area (Å²) in [6, 6.07) is 13.9. The number of amides is 1. The average molecular weight is 441 g/mol. The van der Waals surface area contributed by atoms with E-state index in [0.717, 1.165) is 33.7 Å². The molecule has 1 aliphatic heterocycles. The molecule has 0 spiro atoms. The number of carbonyl (C=O) groups excluding carboxylic acids is 1. The third kappa shape index (κ3) is 3.73. The summed E-state index contributed by atoms with van der Waals surface area (Å²) in [6.45, 7) is 6.10. The summed E-state index contributed by atoms with van der Waals surface area (Å²) in [5.74, 6) is 1.46. The zero-order chi connectivity index (χ0) is 23.1. The minimum Gasteiger partial charge on any atom is -0.497 e. The number of aromatic nitrogens is 5. The predicted octanol–water partition coefficient (Wildman–Crippen LogP) is 4.13. The van der Waals surface area contributed by atoms with Crippen LogP contribution in [0.1, 0.15) is 40.3 Å². The predicted molar refractivity (Wildman–Crippen MR) is 125 cm³/mol. The van der Waals surface area contributed by atoms with E-state index in [9.17, 15) is 4.79 Å². The van der Waals surface area contributed by atoms with Crippen molar-refractivity contribution in [1.82, 2.24) is 25.0 Å². The highest BCUT2D eigenvalue weighted by Gasteiger charge is 2.34. The lowest BCUT2D eigenvalue weighted by atomic mass is 9.83. The Morgan fingerprint density at radius 2 is 1.97 bits per heavy atom. The molecule has 4 aromatic rings. The molecule has 2 aromatic heterocycles. The Hall–Kier alpha value is -4.07. The lowest BCUT2D eigenvalue weighted by Gasteiger charge is -2.25. The van der Waals surface area contributed by atoms with Gasteiger partial charge in [0.1, 0.15) is 11.6 Å². The molecular formula is C25H24N6O2. The number of methoxy groups -OCH3 is 1. The Morgan fingerprint density at radius 3 is 2.76 bits per heavy atom. The van der Waals surface area contributed by atoms with Crippen LogP contribution in [0, 0.1) is 20.8 Å². The first-order chi connectivity index (χ1) is 15.9. The van der Waals surface area contributed by atoms with Crippen molar-refractivity contribution in [3.8, 4) is 23.0 Å². The summed E-state index contributed by atoms with van der Waals surface area (Å²) < 4.78 is 6.90. The smallest absolute Gasteiger partial charge is 0.272 e. The van der Waals surface area contributed by atoms with E-state index in [4.69, 9.17) is 9.84 Å². The standard InChI is InChI=1S/C25H24N6O2/c1-14-8-9-19(15(2)10-14)20-12-22(32)28-24-23(20)16(3)30-31(24)25-27-21(13-26-29-25)17-6-5-7-18(11-17)33-4/h5-11,13,20H,12H2,1-4H3,(H,28,32)/t20-/m0/s1. The molecular weight excluding hydrogens is 416 g/mol. The van der Waals surface area contributed by atoms with Crippen molar-refractivity contribution in [3.63, 3.8) is 0 Å². The molecule has 1 N–H and O–H groups in total. The van der Waals surface area contributed by atoms with E-state index in [2.05, 4.69) is 52.5 Å². The molecule has 0 saturated heterocycles. The molecule has 166 valence electrons. The van der Waals surface area contributed by atoms with Crippen molar-refractivity contribution in [3.05, 3.63) is 76.6 Å². The van der Waals surface area contributed by atoms with Crippen molar-refractivity contribution in [2.24, 2.45) is 0 Å². The normalized spacial score (nSPS) is 15.2. The van der Waals surface area contributed by atoms with E-state index in [1.54, 1.807) is 18.0 Å². The van der Waals surface area contributed by atoms with Crippen LogP contribution in [-0.4, -0.2) is 38.0 Å². The molecule has 0 radical (unpaired) electrons. The van der Waals surface area contributed by atoms with Gasteiger partial charge in [0, 0.05) is 23.5 Å². The number of nitrogens with zero attached hydrogens (tertiary/aromatic N) is 5. The topological polar surface area (TPSA) is 94.8 Å². The van der Waals surface area contributed by atoms with Gasteiger partial charge in [0.25, 0.3) is 5.95 Å². The Kier molecular flexibility index (Phi) is 5.12. The van der Waals surface area contributed by atoms with E-state index >= 15 is 0 Å². The number of fused-ring (bicyclic) bond motifs is 1. The molecule has 33 heavy (non-hydrogen) atoms. The minimum atomic E-state index is -0.0855. The van der Waals surface area contributed by atoms with Crippen molar-refractivity contribution in [2.45, 2.75) is 33.1 Å². The second-order valence-corrected chi connectivity index (χ2v) is 8.30. The summed E-state index contributed by atoms with van der Waals surface area (Å²) in [6.07, 6.45) is 1.96. The van der Waals surface area contributed by atoms with Crippen LogP contribution in [0.25, 0.3) is 17.2 Å². The van der Waals surface area contributed by atoms with Crippen LogP contribution >= 0.6 is 0 Å². The van der Waals surface area contributed by atoms with E-state index in [-0.39, 0.29) is 11.8 Å². The number of ether oxygens (including phenoxy) is 1. The highest BCUT2D eigenvalue weighted by atomic mass is 16.5. The number of benzene rings is 2. The number of hydrogen-bond acceptors (Lipinski definition) is 6. The van der Waals surface area contributed by atoms with Crippen molar-refractivity contribution in [1.29, 1.82) is 0 Å². The lowest BCUT2D eigenvalue weighted by Crippen LogP contribution is -2.25. The maximum absolute atomic E-state index is 12.7. The zero-order valence-corrected chi connectivity index (χ0v) is 19.0. The van der Waals surface area contributed by atoms with Gasteiger partial charge in [-0.3, -0.25) is 4.79 Å². The SMILES string of the molecule is COc1cccc(-c2cnnc(-n3nc(C)c4c3NC(=O)C[C@H]4c3ccc(C)cc3C)n2)c1. The van der Waals surface area contributed by atoms with Gasteiger partial charge in [-0.25, -0.2) is 4.98 Å². The number of carbonyl (C=O) groups is 1. The van der Waals surface area contributed by atoms with Crippen LogP contribution in [0.15, 0.2) is 48.7 Å². The zero-order valence-electron chi connectivity index (χ0n) is 19.0. The fourth-order valence-electron chi connectivity index (χ4n) is 4.48. The maximum Gasteiger partial charge on any atom is 0.272 e. The summed E-state index contributed by atoms with van der Waals surface area (Å²) in [7, 11) is 1.62. The average Bonchev–Trinajstić information content (AvgIpc) is 3.15. The van der Waals surface area contributed by atoms with Gasteiger partial charge in [-0.2, -0.15) is 14.9 Å². The van der Waals surface area contributed by atoms with Crippen molar-refractivity contribution >= 4 is 11.7 Å². The molecule has 3 heterocycles. The molecule has 8 heteroatoms. The van der Waals surface area contributed by atoms with Crippen molar-refractivity contribution < 1.29 is 9.53 Å². The number of rotatable bonds is 4. The fraction of sp³-hybridized carbons (Fsp3) is 0.240. The second kappa shape index (κ2) is 8.12. The van der Waals surface area contributed by atoms with E-state index in [1.165, 1.54) is 5.56 Å². The first kappa shape index (κ1) is 20.8. The number of hydrogen-bond donors (Lipinski definition) is 1. The molecule has 8 nitrogen and oxygen atoms in total. The molecule has 0 fully saturated rings. The highest BCUT2D eigenvalue weighted by molar-refractivity contribution is 5.95. The van der Waals surface area contributed by atoms with E-state index < -0.39 is 0 Å². The maximum atomic E-state index is 12.7. The van der Waals surface area contributed by atoms with Gasteiger partial charge < -0.3 is 10.1 Å². The molecule has 1 atom stereocenters. The summed E-state index contributed by atoms with van der Waals surface area (Å²) in [5, 5.41) is 16.0. The second-order valence-electron chi connectivity index (χ2n) is 8.30. The van der Waals surface area contributed by atoms with Gasteiger partial charge in [-0.1, -0.05) is 35.9 Å². The van der Waals surface area contributed by atoms with E-state index in [1.807, 2.05) is 31.2 Å². The Balaban J connectivity index is 1.61. The van der Waals surface area contributed by atoms with E-state index in [0.29, 0.717) is 23.9 Å². The monoisotopic (exact) mass is 440 g/mol. The fourth-order valence-corrected chi connectivity index (χ4v) is 4.48. The van der Waals surface area contributed by atoms with Crippen LogP contribution < -0.4 is 10.1 Å². The number of aryl methyl sites for hydroxylation is 3. The molecule has 1 amide bonds. The third-order valence-corrected chi connectivity index (χ3v) is 6.01. The molecule has 0 bridgehead atoms. The molecule has 0 saturated carbocycles. The minimum absolute atomic E-state index is 0.0643. The van der Waals surface area contributed by atoms with Gasteiger partial charge in [0.2, 0.25) is 5.91 Å². The lowest BCUT2D eigenvalue weighted by molar-refractivity contribution is -0.116. The van der Waals surface area contributed by atoms with Gasteiger partial charge in [0.05, 0.1) is 24.7 Å². The largest absolute Gasteiger partial charge is 0.497 e. The Bertz CT molecular complexity index is 1380. The van der Waals surface area contributed by atoms with Crippen LogP contribution in [0.2, 0.25) is 0 Å². The van der Waals surface area contributed by atoms with Crippen LogP contribution in [0.3, 0.4) is 0 Å². The molecule has 0 unspecified atom stereocenters. The van der Waals surface area contributed by atoms with Crippen LogP contribution in [0.4, 0.5) is 5.82 Å². The van der Waals surface area contributed by atoms with Gasteiger partial charge in [0.15, 0.2) is 0 Å². The molecule has 5 rings (SSSR count). The highest BCUT2D eigenvalue weighted by Crippen LogP contribution is 2.41. The van der Waals surface area contributed by atoms with Gasteiger partial charge in [-0.15, -0.1) is 5.10 Å². The molecule has 0 aliphatic carbocycles. The van der Waals surface area contributed by atoms with Crippen LogP contribution in [-0.2, 0) is 4.79 Å². The quantitative estimate of drug-likeness (QED) is 0.513. The summed E-state index contributed by atoms with van der Waals surface area (Å²) in [5.41, 5.74) is 6.77. The number of anilines is 1. The van der Waals surface area contributed by atoms with Crippen molar-refractivity contribution in [2.75, 3.05) is 12.4 Å². The number of nitrogens with one attached hydrogen (secondary N) is 1. The Morgan fingerprint density at radius 1 is 1.12 bits per heavy atom. The summed E-state index contributed by atoms with van der Waals surface area (Å²) >= 11 is 0. The van der Waals surface area contributed by atoms with Gasteiger partial charge >= 0.3 is 0 Å². The Labute approximate surface area is 191 Å². The summed E-state index contributed by atoms with van der Waals surface area (Å²) in [4.78, 5) is 17.4. The molecule has 2 aromatic carbocycles.